The van der Waals surface area contributed by atoms with E-state index < -0.39 is 10.5 Å². The van der Waals surface area contributed by atoms with Gasteiger partial charge in [-0.2, -0.15) is 0 Å². The third kappa shape index (κ3) is 5.83. The Balaban J connectivity index is 2.10. The average molecular weight is 377 g/mol. The summed E-state index contributed by atoms with van der Waals surface area (Å²) >= 11 is 0. The number of ether oxygens (including phenoxy) is 1. The van der Waals surface area contributed by atoms with E-state index >= 15 is 0 Å². The minimum atomic E-state index is -0.526. The summed E-state index contributed by atoms with van der Waals surface area (Å²) in [4.78, 5) is 32.7. The summed E-state index contributed by atoms with van der Waals surface area (Å²) in [6.45, 7) is 7.70. The van der Waals surface area contributed by atoms with Crippen LogP contribution in [0.4, 0.5) is 16.3 Å². The number of amides is 1. The SMILES string of the molecule is CN(C)/C=C/c1cc(N2CCN(C(=O)OC(C)(C)C)CC2)ncc1[N+](=O)[O-]. The highest BCUT2D eigenvalue weighted by Crippen LogP contribution is 2.25. The molecule has 9 heteroatoms. The first-order valence-electron chi connectivity index (χ1n) is 8.79. The van der Waals surface area contributed by atoms with Crippen LogP contribution in [0.2, 0.25) is 0 Å². The zero-order valence-electron chi connectivity index (χ0n) is 16.5. The van der Waals surface area contributed by atoms with E-state index in [1.807, 2.05) is 44.7 Å². The lowest BCUT2D eigenvalue weighted by Gasteiger charge is -2.36. The number of nitro groups is 1. The highest BCUT2D eigenvalue weighted by Gasteiger charge is 2.27. The molecule has 1 fully saturated rings. The highest BCUT2D eigenvalue weighted by molar-refractivity contribution is 5.69. The van der Waals surface area contributed by atoms with Crippen molar-refractivity contribution in [3.05, 3.63) is 34.1 Å². The third-order valence-electron chi connectivity index (χ3n) is 3.90. The first kappa shape index (κ1) is 20.5. The number of anilines is 1. The van der Waals surface area contributed by atoms with Crippen molar-refractivity contribution in [1.82, 2.24) is 14.8 Å². The van der Waals surface area contributed by atoms with E-state index in [2.05, 4.69) is 4.98 Å². The molecule has 0 N–H and O–H groups in total. The molecule has 1 saturated heterocycles. The van der Waals surface area contributed by atoms with Gasteiger partial charge in [-0.1, -0.05) is 0 Å². The summed E-state index contributed by atoms with van der Waals surface area (Å²) in [5.74, 6) is 0.655. The first-order chi connectivity index (χ1) is 12.6. The van der Waals surface area contributed by atoms with E-state index in [9.17, 15) is 14.9 Å². The monoisotopic (exact) mass is 377 g/mol. The van der Waals surface area contributed by atoms with Crippen LogP contribution in [0.5, 0.6) is 0 Å². The second kappa shape index (κ2) is 8.24. The fourth-order valence-electron chi connectivity index (χ4n) is 2.59. The molecule has 0 unspecified atom stereocenters. The lowest BCUT2D eigenvalue weighted by Crippen LogP contribution is -2.50. The van der Waals surface area contributed by atoms with Gasteiger partial charge in [0.2, 0.25) is 0 Å². The van der Waals surface area contributed by atoms with Gasteiger partial charge in [-0.25, -0.2) is 9.78 Å². The fourth-order valence-corrected chi connectivity index (χ4v) is 2.59. The Bertz CT molecular complexity index is 719. The minimum absolute atomic E-state index is 0.0377. The zero-order chi connectivity index (χ0) is 20.2. The summed E-state index contributed by atoms with van der Waals surface area (Å²) in [6, 6.07) is 1.71. The molecule has 1 aliphatic rings. The Labute approximate surface area is 159 Å². The van der Waals surface area contributed by atoms with Gasteiger partial charge >= 0.3 is 6.09 Å². The van der Waals surface area contributed by atoms with Crippen LogP contribution in [-0.2, 0) is 4.74 Å². The van der Waals surface area contributed by atoms with Gasteiger partial charge in [0.25, 0.3) is 5.69 Å². The lowest BCUT2D eigenvalue weighted by molar-refractivity contribution is -0.385. The summed E-state index contributed by atoms with van der Waals surface area (Å²) in [6.07, 6.45) is 4.41. The first-order valence-corrected chi connectivity index (χ1v) is 8.79. The Morgan fingerprint density at radius 3 is 2.44 bits per heavy atom. The summed E-state index contributed by atoms with van der Waals surface area (Å²) in [7, 11) is 3.70. The topological polar surface area (TPSA) is 92.0 Å². The molecule has 2 heterocycles. The van der Waals surface area contributed by atoms with Gasteiger partial charge < -0.3 is 19.4 Å². The molecule has 1 amide bonds. The van der Waals surface area contributed by atoms with E-state index in [0.29, 0.717) is 37.6 Å². The number of hydrogen-bond acceptors (Lipinski definition) is 7. The predicted molar refractivity (Wildman–Crippen MR) is 104 cm³/mol. The number of carbonyl (C=O) groups excluding carboxylic acids is 1. The maximum Gasteiger partial charge on any atom is 0.410 e. The number of rotatable bonds is 4. The van der Waals surface area contributed by atoms with Crippen molar-refractivity contribution in [3.8, 4) is 0 Å². The van der Waals surface area contributed by atoms with E-state index in [4.69, 9.17) is 4.74 Å². The molecule has 0 atom stereocenters. The Kier molecular flexibility index (Phi) is 6.24. The van der Waals surface area contributed by atoms with Crippen molar-refractivity contribution in [2.24, 2.45) is 0 Å². The molecule has 0 bridgehead atoms. The number of hydrogen-bond donors (Lipinski definition) is 0. The van der Waals surface area contributed by atoms with Crippen molar-refractivity contribution in [2.75, 3.05) is 45.2 Å². The molecule has 0 aromatic carbocycles. The second-order valence-electron chi connectivity index (χ2n) is 7.59. The normalized spacial score (nSPS) is 15.1. The van der Waals surface area contributed by atoms with Gasteiger partial charge in [0.1, 0.15) is 17.6 Å². The van der Waals surface area contributed by atoms with Crippen LogP contribution in [0.25, 0.3) is 6.08 Å². The average Bonchev–Trinajstić information content (AvgIpc) is 2.58. The van der Waals surface area contributed by atoms with Crippen molar-refractivity contribution in [3.63, 3.8) is 0 Å². The van der Waals surface area contributed by atoms with Crippen LogP contribution in [0, 0.1) is 10.1 Å². The van der Waals surface area contributed by atoms with Crippen LogP contribution in [-0.4, -0.2) is 71.7 Å². The summed E-state index contributed by atoms with van der Waals surface area (Å²) in [5, 5.41) is 11.2. The van der Waals surface area contributed by atoms with Crippen molar-refractivity contribution in [2.45, 2.75) is 26.4 Å². The van der Waals surface area contributed by atoms with Gasteiger partial charge in [-0.3, -0.25) is 10.1 Å². The summed E-state index contributed by atoms with van der Waals surface area (Å²) in [5.41, 5.74) is -0.0699. The molecule has 9 nitrogen and oxygen atoms in total. The molecule has 148 valence electrons. The number of aromatic nitrogens is 1. The number of piperazine rings is 1. The molecule has 0 aliphatic carbocycles. The Morgan fingerprint density at radius 2 is 1.93 bits per heavy atom. The van der Waals surface area contributed by atoms with Crippen molar-refractivity contribution < 1.29 is 14.5 Å². The quantitative estimate of drug-likeness (QED) is 0.588. The summed E-state index contributed by atoms with van der Waals surface area (Å²) < 4.78 is 5.40. The number of carbonyl (C=O) groups is 1. The minimum Gasteiger partial charge on any atom is -0.444 e. The standard InChI is InChI=1S/C18H27N5O4/c1-18(2,3)27-17(24)22-10-8-21(9-11-22)16-12-14(6-7-20(4)5)15(13-19-16)23(25)26/h6-7,12-13H,8-11H2,1-5H3/b7-6+. The van der Waals surface area contributed by atoms with E-state index in [1.165, 1.54) is 6.20 Å². The van der Waals surface area contributed by atoms with E-state index in [0.717, 1.165) is 0 Å². The maximum atomic E-state index is 12.2. The van der Waals surface area contributed by atoms with Gasteiger partial charge in [0, 0.05) is 40.3 Å². The lowest BCUT2D eigenvalue weighted by atomic mass is 10.2. The molecular weight excluding hydrogens is 350 g/mol. The van der Waals surface area contributed by atoms with Crippen molar-refractivity contribution >= 4 is 23.7 Å². The van der Waals surface area contributed by atoms with Gasteiger partial charge in [0.05, 0.1) is 10.5 Å². The molecule has 1 aliphatic heterocycles. The number of nitrogens with zero attached hydrogens (tertiary/aromatic N) is 5. The molecule has 0 radical (unpaired) electrons. The molecule has 2 rings (SSSR count). The van der Waals surface area contributed by atoms with Crippen LogP contribution in [0.15, 0.2) is 18.5 Å². The second-order valence-corrected chi connectivity index (χ2v) is 7.59. The maximum absolute atomic E-state index is 12.2. The van der Waals surface area contributed by atoms with E-state index in [-0.39, 0.29) is 11.8 Å². The fraction of sp³-hybridized carbons (Fsp3) is 0.556. The van der Waals surface area contributed by atoms with Gasteiger partial charge in [-0.15, -0.1) is 0 Å². The molecule has 1 aromatic heterocycles. The predicted octanol–water partition coefficient (Wildman–Crippen LogP) is 2.58. The Hall–Kier alpha value is -2.84. The molecular formula is C18H27N5O4. The van der Waals surface area contributed by atoms with Crippen LogP contribution in [0.3, 0.4) is 0 Å². The van der Waals surface area contributed by atoms with Crippen LogP contribution < -0.4 is 4.90 Å². The van der Waals surface area contributed by atoms with Crippen molar-refractivity contribution in [1.29, 1.82) is 0 Å². The largest absolute Gasteiger partial charge is 0.444 e. The Morgan fingerprint density at radius 1 is 1.30 bits per heavy atom. The molecule has 0 spiro atoms. The van der Waals surface area contributed by atoms with Gasteiger partial charge in [0.15, 0.2) is 0 Å². The highest BCUT2D eigenvalue weighted by atomic mass is 16.6. The third-order valence-corrected chi connectivity index (χ3v) is 3.90. The molecule has 0 saturated carbocycles. The van der Waals surface area contributed by atoms with Gasteiger partial charge in [-0.05, 0) is 39.1 Å². The molecule has 1 aromatic rings. The van der Waals surface area contributed by atoms with E-state index in [1.54, 1.807) is 23.2 Å². The zero-order valence-corrected chi connectivity index (χ0v) is 16.5. The number of pyridine rings is 1. The van der Waals surface area contributed by atoms with Crippen LogP contribution in [0.1, 0.15) is 26.3 Å². The molecule has 27 heavy (non-hydrogen) atoms. The van der Waals surface area contributed by atoms with Crippen LogP contribution >= 0.6 is 0 Å². The smallest absolute Gasteiger partial charge is 0.410 e.